The van der Waals surface area contributed by atoms with Gasteiger partial charge in [-0.15, -0.1) is 0 Å². The summed E-state index contributed by atoms with van der Waals surface area (Å²) in [4.78, 5) is 10.9. The highest BCUT2D eigenvalue weighted by Gasteiger charge is 2.29. The maximum atomic E-state index is 6.97. The highest BCUT2D eigenvalue weighted by molar-refractivity contribution is 6.27. The van der Waals surface area contributed by atoms with Crippen LogP contribution in [0.3, 0.4) is 0 Å². The molecule has 10 aromatic carbocycles. The SMILES string of the molecule is c1ccc(C2N=C(c3cc4ccccc4c4ccccc34)NC(c3cc(C4CCc5cc6ccccc6cc5-c5ccccc54)cc4oc5cc6ccccc6cc5c34)=N2)cc1. The average molecular weight is 794 g/mol. The summed E-state index contributed by atoms with van der Waals surface area (Å²) in [5.41, 5.74) is 11.4. The van der Waals surface area contributed by atoms with E-state index < -0.39 is 6.17 Å². The van der Waals surface area contributed by atoms with Gasteiger partial charge in [0.05, 0.1) is 0 Å². The largest absolute Gasteiger partial charge is 0.456 e. The summed E-state index contributed by atoms with van der Waals surface area (Å²) in [6.07, 6.45) is 1.45. The number of amidine groups is 2. The molecule has 1 aliphatic heterocycles. The van der Waals surface area contributed by atoms with Gasteiger partial charge < -0.3 is 9.73 Å². The summed E-state index contributed by atoms with van der Waals surface area (Å²) in [6.45, 7) is 0. The number of furan rings is 1. The van der Waals surface area contributed by atoms with Crippen molar-refractivity contribution in [3.8, 4) is 11.1 Å². The highest BCUT2D eigenvalue weighted by atomic mass is 16.3. The summed E-state index contributed by atoms with van der Waals surface area (Å²) < 4.78 is 6.97. The first-order valence-corrected chi connectivity index (χ1v) is 21.6. The van der Waals surface area contributed by atoms with Crippen LogP contribution in [-0.2, 0) is 6.42 Å². The van der Waals surface area contributed by atoms with Gasteiger partial charge in [0.2, 0.25) is 0 Å². The first kappa shape index (κ1) is 35.0. The summed E-state index contributed by atoms with van der Waals surface area (Å²) in [5, 5.41) is 15.6. The molecular formula is C58H39N3O. The number of hydrogen-bond donors (Lipinski definition) is 1. The third-order valence-corrected chi connectivity index (χ3v) is 13.3. The van der Waals surface area contributed by atoms with Crippen molar-refractivity contribution in [2.45, 2.75) is 24.9 Å². The molecule has 292 valence electrons. The number of rotatable bonds is 4. The van der Waals surface area contributed by atoms with Crippen molar-refractivity contribution >= 4 is 76.7 Å². The van der Waals surface area contributed by atoms with Gasteiger partial charge in [0.25, 0.3) is 0 Å². The summed E-state index contributed by atoms with van der Waals surface area (Å²) in [5.74, 6) is 1.69. The summed E-state index contributed by atoms with van der Waals surface area (Å²) >= 11 is 0. The van der Waals surface area contributed by atoms with E-state index in [2.05, 4.69) is 199 Å². The summed E-state index contributed by atoms with van der Waals surface area (Å²) in [7, 11) is 0. The Kier molecular flexibility index (Phi) is 7.83. The molecule has 1 N–H and O–H groups in total. The highest BCUT2D eigenvalue weighted by Crippen LogP contribution is 2.45. The van der Waals surface area contributed by atoms with E-state index in [1.165, 1.54) is 60.1 Å². The van der Waals surface area contributed by atoms with Crippen LogP contribution < -0.4 is 5.32 Å². The van der Waals surface area contributed by atoms with E-state index in [1.807, 2.05) is 0 Å². The zero-order chi connectivity index (χ0) is 40.7. The van der Waals surface area contributed by atoms with Crippen molar-refractivity contribution in [1.29, 1.82) is 0 Å². The van der Waals surface area contributed by atoms with Gasteiger partial charge in [-0.25, -0.2) is 9.98 Å². The Labute approximate surface area is 358 Å². The number of nitrogens with one attached hydrogen (secondary N) is 1. The van der Waals surface area contributed by atoms with Gasteiger partial charge in [0.1, 0.15) is 22.8 Å². The van der Waals surface area contributed by atoms with Crippen molar-refractivity contribution < 1.29 is 4.42 Å². The number of hydrogen-bond acceptors (Lipinski definition) is 4. The first-order valence-electron chi connectivity index (χ1n) is 21.6. The molecular weight excluding hydrogens is 755 g/mol. The van der Waals surface area contributed by atoms with Crippen LogP contribution in [0, 0.1) is 0 Å². The van der Waals surface area contributed by atoms with Gasteiger partial charge in [-0.3, -0.25) is 0 Å². The molecule has 2 unspecified atom stereocenters. The number of fused-ring (bicyclic) bond motifs is 11. The fourth-order valence-electron chi connectivity index (χ4n) is 10.3. The minimum Gasteiger partial charge on any atom is -0.456 e. The van der Waals surface area contributed by atoms with Gasteiger partial charge >= 0.3 is 0 Å². The Balaban J connectivity index is 1.05. The third-order valence-electron chi connectivity index (χ3n) is 13.3. The standard InChI is InChI=1S/C58H39N3O/c1-2-14-35(15-3-1)56-59-57(50-31-40-20-8-9-21-43(40)45-22-11-13-25-48(45)50)61-58(60-56)52-32-42(34-54-55(52)51-30-38-18-6-7-19-39(38)33-53(51)62-54)44-27-26-41-28-36-16-4-5-17-37(36)29-49(41)47-24-12-10-23-46(44)47/h1-25,28-34,44,56H,26-27H2,(H,59,60,61). The lowest BCUT2D eigenvalue weighted by Crippen LogP contribution is -2.36. The third kappa shape index (κ3) is 5.60. The lowest BCUT2D eigenvalue weighted by molar-refractivity contribution is 0.665. The van der Waals surface area contributed by atoms with Crippen LogP contribution in [0.1, 0.15) is 51.9 Å². The van der Waals surface area contributed by atoms with Crippen LogP contribution in [0.15, 0.2) is 209 Å². The smallest absolute Gasteiger partial charge is 0.169 e. The Hall–Kier alpha value is -7.82. The lowest BCUT2D eigenvalue weighted by Gasteiger charge is -2.25. The van der Waals surface area contributed by atoms with E-state index in [4.69, 9.17) is 14.4 Å². The molecule has 0 radical (unpaired) electrons. The van der Waals surface area contributed by atoms with E-state index in [0.29, 0.717) is 0 Å². The van der Waals surface area contributed by atoms with Crippen LogP contribution >= 0.6 is 0 Å². The fourth-order valence-corrected chi connectivity index (χ4v) is 10.3. The van der Waals surface area contributed by atoms with E-state index in [1.54, 1.807) is 0 Å². The van der Waals surface area contributed by atoms with Crippen LogP contribution in [-0.4, -0.2) is 11.7 Å². The monoisotopic (exact) mass is 793 g/mol. The molecule has 62 heavy (non-hydrogen) atoms. The Morgan fingerprint density at radius 1 is 0.419 bits per heavy atom. The van der Waals surface area contributed by atoms with Crippen LogP contribution in [0.25, 0.3) is 76.2 Å². The van der Waals surface area contributed by atoms with Crippen LogP contribution in [0.2, 0.25) is 0 Å². The van der Waals surface area contributed by atoms with Gasteiger partial charge in [0.15, 0.2) is 6.17 Å². The van der Waals surface area contributed by atoms with E-state index in [9.17, 15) is 0 Å². The number of aryl methyl sites for hydroxylation is 1. The number of nitrogens with zero attached hydrogens (tertiary/aromatic N) is 2. The van der Waals surface area contributed by atoms with Crippen LogP contribution in [0.4, 0.5) is 0 Å². The van der Waals surface area contributed by atoms with Crippen LogP contribution in [0.5, 0.6) is 0 Å². The molecule has 1 aliphatic carbocycles. The zero-order valence-corrected chi connectivity index (χ0v) is 33.8. The number of benzene rings is 10. The fraction of sp³-hybridized carbons (Fsp3) is 0.0690. The molecule has 0 spiro atoms. The molecule has 4 nitrogen and oxygen atoms in total. The molecule has 0 amide bonds. The van der Waals surface area contributed by atoms with E-state index >= 15 is 0 Å². The normalized spacial score (nSPS) is 16.3. The molecule has 0 saturated carbocycles. The lowest BCUT2D eigenvalue weighted by atomic mass is 9.84. The molecule has 13 rings (SSSR count). The molecule has 2 heterocycles. The second-order valence-corrected chi connectivity index (χ2v) is 16.8. The molecule has 0 saturated heterocycles. The molecule has 4 heteroatoms. The Bertz CT molecular complexity index is 3690. The first-order chi connectivity index (χ1) is 30.7. The number of aliphatic imine (C=N–C) groups is 2. The van der Waals surface area contributed by atoms with Crippen molar-refractivity contribution in [2.24, 2.45) is 9.98 Å². The van der Waals surface area contributed by atoms with E-state index in [0.717, 1.165) is 73.9 Å². The van der Waals surface area contributed by atoms with Crippen molar-refractivity contribution in [2.75, 3.05) is 0 Å². The minimum absolute atomic E-state index is 0.115. The summed E-state index contributed by atoms with van der Waals surface area (Å²) in [6, 6.07) is 70.3. The minimum atomic E-state index is -0.465. The Morgan fingerprint density at radius 3 is 1.84 bits per heavy atom. The van der Waals surface area contributed by atoms with Crippen molar-refractivity contribution in [1.82, 2.24) is 5.32 Å². The quantitative estimate of drug-likeness (QED) is 0.180. The predicted octanol–water partition coefficient (Wildman–Crippen LogP) is 14.4. The molecule has 11 aromatic rings. The molecule has 0 bridgehead atoms. The van der Waals surface area contributed by atoms with Gasteiger partial charge in [-0.2, -0.15) is 0 Å². The zero-order valence-electron chi connectivity index (χ0n) is 33.8. The van der Waals surface area contributed by atoms with Gasteiger partial charge in [-0.05, 0) is 126 Å². The van der Waals surface area contributed by atoms with Crippen molar-refractivity contribution in [3.63, 3.8) is 0 Å². The predicted molar refractivity (Wildman–Crippen MR) is 258 cm³/mol. The second kappa shape index (κ2) is 13.9. The Morgan fingerprint density at radius 2 is 1.03 bits per heavy atom. The maximum absolute atomic E-state index is 6.97. The maximum Gasteiger partial charge on any atom is 0.169 e. The second-order valence-electron chi connectivity index (χ2n) is 16.8. The molecule has 1 aromatic heterocycles. The molecule has 2 atom stereocenters. The topological polar surface area (TPSA) is 49.9 Å². The van der Waals surface area contributed by atoms with Gasteiger partial charge in [-0.1, -0.05) is 158 Å². The average Bonchev–Trinajstić information content (AvgIpc) is 3.61. The van der Waals surface area contributed by atoms with Gasteiger partial charge in [0, 0.05) is 27.8 Å². The van der Waals surface area contributed by atoms with E-state index in [-0.39, 0.29) is 5.92 Å². The van der Waals surface area contributed by atoms with Crippen molar-refractivity contribution in [3.05, 3.63) is 228 Å². The molecule has 0 fully saturated rings. The molecule has 2 aliphatic rings.